The molecule has 0 radical (unpaired) electrons. The molecule has 0 fully saturated rings. The third-order valence-corrected chi connectivity index (χ3v) is 2.89. The van der Waals surface area contributed by atoms with Crippen LogP contribution in [0.25, 0.3) is 0 Å². The van der Waals surface area contributed by atoms with Gasteiger partial charge in [0.1, 0.15) is 5.82 Å². The molecule has 0 aliphatic carbocycles. The number of aryl methyl sites for hydroxylation is 2. The molecule has 0 saturated heterocycles. The summed E-state index contributed by atoms with van der Waals surface area (Å²) < 4.78 is 0. The average molecular weight is 287 g/mol. The number of anilines is 2. The first-order chi connectivity index (χ1) is 9.99. The third-order valence-electron chi connectivity index (χ3n) is 2.89. The SMILES string of the molecule is CCC(=O)Nc1ccc(C)c(NC(=O)c2n[nH]c(C)n2)c1. The van der Waals surface area contributed by atoms with Gasteiger partial charge in [-0.15, -0.1) is 5.10 Å². The average Bonchev–Trinajstić information content (AvgIpc) is 2.89. The molecule has 21 heavy (non-hydrogen) atoms. The molecular weight excluding hydrogens is 270 g/mol. The van der Waals surface area contributed by atoms with Crippen molar-refractivity contribution in [2.75, 3.05) is 10.6 Å². The predicted molar refractivity (Wildman–Crippen MR) is 79.2 cm³/mol. The molecule has 2 amide bonds. The Labute approximate surface area is 122 Å². The molecule has 0 spiro atoms. The molecule has 7 heteroatoms. The maximum Gasteiger partial charge on any atom is 0.295 e. The fraction of sp³-hybridized carbons (Fsp3) is 0.286. The van der Waals surface area contributed by atoms with Gasteiger partial charge in [0.25, 0.3) is 5.91 Å². The smallest absolute Gasteiger partial charge is 0.295 e. The van der Waals surface area contributed by atoms with Crippen LogP contribution in [0.15, 0.2) is 18.2 Å². The number of H-pyrrole nitrogens is 1. The molecule has 1 aromatic carbocycles. The number of hydrogen-bond acceptors (Lipinski definition) is 4. The molecule has 0 unspecified atom stereocenters. The van der Waals surface area contributed by atoms with Crippen molar-refractivity contribution in [1.82, 2.24) is 15.2 Å². The molecule has 0 atom stereocenters. The van der Waals surface area contributed by atoms with Crippen LogP contribution in [-0.2, 0) is 4.79 Å². The van der Waals surface area contributed by atoms with Crippen LogP contribution in [-0.4, -0.2) is 27.0 Å². The minimum atomic E-state index is -0.401. The Kier molecular flexibility index (Phi) is 4.32. The highest BCUT2D eigenvalue weighted by Gasteiger charge is 2.13. The Hall–Kier alpha value is -2.70. The molecule has 110 valence electrons. The van der Waals surface area contributed by atoms with Crippen molar-refractivity contribution in [3.8, 4) is 0 Å². The van der Waals surface area contributed by atoms with Crippen LogP contribution in [0.2, 0.25) is 0 Å². The lowest BCUT2D eigenvalue weighted by atomic mass is 10.1. The molecule has 0 bridgehead atoms. The molecule has 0 aliphatic heterocycles. The lowest BCUT2D eigenvalue weighted by Gasteiger charge is -2.10. The lowest BCUT2D eigenvalue weighted by molar-refractivity contribution is -0.115. The monoisotopic (exact) mass is 287 g/mol. The van der Waals surface area contributed by atoms with Crippen LogP contribution in [0.5, 0.6) is 0 Å². The minimum absolute atomic E-state index is 0.0786. The van der Waals surface area contributed by atoms with E-state index < -0.39 is 5.91 Å². The first kappa shape index (κ1) is 14.7. The van der Waals surface area contributed by atoms with E-state index in [1.54, 1.807) is 26.0 Å². The zero-order valence-electron chi connectivity index (χ0n) is 12.2. The maximum absolute atomic E-state index is 12.0. The Morgan fingerprint density at radius 2 is 2.00 bits per heavy atom. The summed E-state index contributed by atoms with van der Waals surface area (Å²) in [5.41, 5.74) is 2.12. The summed E-state index contributed by atoms with van der Waals surface area (Å²) in [6.45, 7) is 5.36. The van der Waals surface area contributed by atoms with Crippen LogP contribution >= 0.6 is 0 Å². The van der Waals surface area contributed by atoms with E-state index in [1.165, 1.54) is 0 Å². The van der Waals surface area contributed by atoms with Crippen molar-refractivity contribution in [3.63, 3.8) is 0 Å². The highest BCUT2D eigenvalue weighted by molar-refractivity contribution is 6.02. The fourth-order valence-corrected chi connectivity index (χ4v) is 1.71. The number of carbonyl (C=O) groups excluding carboxylic acids is 2. The maximum atomic E-state index is 12.0. The predicted octanol–water partition coefficient (Wildman–Crippen LogP) is 2.02. The van der Waals surface area contributed by atoms with Gasteiger partial charge in [-0.2, -0.15) is 0 Å². The zero-order valence-corrected chi connectivity index (χ0v) is 12.2. The minimum Gasteiger partial charge on any atom is -0.326 e. The summed E-state index contributed by atoms with van der Waals surface area (Å²) in [5, 5.41) is 11.9. The second-order valence-electron chi connectivity index (χ2n) is 4.63. The first-order valence-corrected chi connectivity index (χ1v) is 6.60. The zero-order chi connectivity index (χ0) is 15.4. The molecular formula is C14H17N5O2. The van der Waals surface area contributed by atoms with Crippen molar-refractivity contribution in [2.24, 2.45) is 0 Å². The van der Waals surface area contributed by atoms with E-state index in [2.05, 4.69) is 25.8 Å². The Morgan fingerprint density at radius 3 is 2.62 bits per heavy atom. The topological polar surface area (TPSA) is 99.8 Å². The van der Waals surface area contributed by atoms with E-state index in [9.17, 15) is 9.59 Å². The number of carbonyl (C=O) groups is 2. The van der Waals surface area contributed by atoms with Crippen LogP contribution in [0, 0.1) is 13.8 Å². The molecule has 2 rings (SSSR count). The Morgan fingerprint density at radius 1 is 1.24 bits per heavy atom. The second-order valence-corrected chi connectivity index (χ2v) is 4.63. The normalized spacial score (nSPS) is 10.2. The molecule has 0 saturated carbocycles. The lowest BCUT2D eigenvalue weighted by Crippen LogP contribution is -2.15. The molecule has 1 heterocycles. The van der Waals surface area contributed by atoms with Crippen LogP contribution in [0.4, 0.5) is 11.4 Å². The van der Waals surface area contributed by atoms with Gasteiger partial charge in [-0.1, -0.05) is 13.0 Å². The van der Waals surface area contributed by atoms with E-state index in [-0.39, 0.29) is 11.7 Å². The van der Waals surface area contributed by atoms with E-state index in [0.717, 1.165) is 5.56 Å². The highest BCUT2D eigenvalue weighted by Crippen LogP contribution is 2.21. The van der Waals surface area contributed by atoms with Gasteiger partial charge < -0.3 is 10.6 Å². The van der Waals surface area contributed by atoms with Gasteiger partial charge in [-0.05, 0) is 31.5 Å². The van der Waals surface area contributed by atoms with Crippen LogP contribution < -0.4 is 10.6 Å². The number of nitrogens with zero attached hydrogens (tertiary/aromatic N) is 2. The summed E-state index contributed by atoms with van der Waals surface area (Å²) in [6, 6.07) is 5.32. The van der Waals surface area contributed by atoms with E-state index in [1.807, 2.05) is 13.0 Å². The Balaban J connectivity index is 2.17. The van der Waals surface area contributed by atoms with Crippen molar-refractivity contribution in [1.29, 1.82) is 0 Å². The number of hydrogen-bond donors (Lipinski definition) is 3. The summed E-state index contributed by atoms with van der Waals surface area (Å²) >= 11 is 0. The van der Waals surface area contributed by atoms with Crippen LogP contribution in [0.1, 0.15) is 35.4 Å². The van der Waals surface area contributed by atoms with Gasteiger partial charge >= 0.3 is 0 Å². The largest absolute Gasteiger partial charge is 0.326 e. The number of nitrogens with one attached hydrogen (secondary N) is 3. The second kappa shape index (κ2) is 6.17. The van der Waals surface area contributed by atoms with Gasteiger partial charge in [-0.25, -0.2) is 4.98 Å². The number of aromatic amines is 1. The van der Waals surface area contributed by atoms with Gasteiger partial charge in [0, 0.05) is 17.8 Å². The summed E-state index contributed by atoms with van der Waals surface area (Å²) in [4.78, 5) is 27.4. The Bertz CT molecular complexity index is 678. The van der Waals surface area contributed by atoms with E-state index in [4.69, 9.17) is 0 Å². The first-order valence-electron chi connectivity index (χ1n) is 6.60. The molecule has 0 aliphatic rings. The van der Waals surface area contributed by atoms with Gasteiger partial charge in [0.2, 0.25) is 11.7 Å². The number of benzene rings is 1. The van der Waals surface area contributed by atoms with Crippen molar-refractivity contribution in [3.05, 3.63) is 35.4 Å². The standard InChI is InChI=1S/C14H17N5O2/c1-4-12(20)16-10-6-5-8(2)11(7-10)17-14(21)13-15-9(3)18-19-13/h5-7H,4H2,1-3H3,(H,16,20)(H,17,21)(H,15,18,19). The summed E-state index contributed by atoms with van der Waals surface area (Å²) in [6.07, 6.45) is 0.395. The number of aromatic nitrogens is 3. The van der Waals surface area contributed by atoms with Gasteiger partial charge in [0.05, 0.1) is 0 Å². The fourth-order valence-electron chi connectivity index (χ4n) is 1.71. The number of rotatable bonds is 4. The van der Waals surface area contributed by atoms with Crippen molar-refractivity contribution in [2.45, 2.75) is 27.2 Å². The molecule has 1 aromatic heterocycles. The van der Waals surface area contributed by atoms with Crippen LogP contribution in [0.3, 0.4) is 0 Å². The van der Waals surface area contributed by atoms with Gasteiger partial charge in [0.15, 0.2) is 0 Å². The number of amides is 2. The highest BCUT2D eigenvalue weighted by atomic mass is 16.2. The van der Waals surface area contributed by atoms with Crippen molar-refractivity contribution >= 4 is 23.2 Å². The molecule has 3 N–H and O–H groups in total. The summed E-state index contributed by atoms with van der Waals surface area (Å²) in [7, 11) is 0. The molecule has 2 aromatic rings. The van der Waals surface area contributed by atoms with E-state index in [0.29, 0.717) is 23.6 Å². The van der Waals surface area contributed by atoms with E-state index >= 15 is 0 Å². The third kappa shape index (κ3) is 3.65. The molecule has 7 nitrogen and oxygen atoms in total. The quantitative estimate of drug-likeness (QED) is 0.801. The summed E-state index contributed by atoms with van der Waals surface area (Å²) in [5.74, 6) is 0.165. The van der Waals surface area contributed by atoms with Crippen molar-refractivity contribution < 1.29 is 9.59 Å². The van der Waals surface area contributed by atoms with Gasteiger partial charge in [-0.3, -0.25) is 14.7 Å².